The third-order valence-electron chi connectivity index (χ3n) is 5.31. The van der Waals surface area contributed by atoms with E-state index in [0.717, 1.165) is 0 Å². The first-order valence-electron chi connectivity index (χ1n) is 11.1. The predicted octanol–water partition coefficient (Wildman–Crippen LogP) is 3.22. The number of aliphatic hydroxyl groups excluding tert-OH is 1. The van der Waals surface area contributed by atoms with Crippen molar-refractivity contribution in [2.24, 2.45) is 0 Å². The minimum Gasteiger partial charge on any atom is -0.457 e. The number of ether oxygens (including phenoxy) is 2. The zero-order chi connectivity index (χ0) is 24.6. The molecule has 10 heteroatoms. The molecule has 2 heterocycles. The Morgan fingerprint density at radius 3 is 2.34 bits per heavy atom. The van der Waals surface area contributed by atoms with Crippen LogP contribution in [-0.2, 0) is 9.47 Å². The molecule has 0 aliphatic carbocycles. The number of aliphatic hydroxyl groups is 1. The molecule has 35 heavy (non-hydrogen) atoms. The molecule has 2 aromatic carbocycles. The maximum absolute atomic E-state index is 12.6. The highest BCUT2D eigenvalue weighted by Crippen LogP contribution is 2.24. The smallest absolute Gasteiger partial charge is 0.338 e. The van der Waals surface area contributed by atoms with Gasteiger partial charge in [-0.1, -0.05) is 43.3 Å². The quantitative estimate of drug-likeness (QED) is 0.335. The summed E-state index contributed by atoms with van der Waals surface area (Å²) in [6.07, 6.45) is 2.00. The van der Waals surface area contributed by atoms with Crippen molar-refractivity contribution in [3.8, 4) is 0 Å². The van der Waals surface area contributed by atoms with Crippen LogP contribution in [0.3, 0.4) is 0 Å². The molecule has 0 saturated carbocycles. The summed E-state index contributed by atoms with van der Waals surface area (Å²) >= 11 is 0. The van der Waals surface area contributed by atoms with Gasteiger partial charge in [0.25, 0.3) is 5.91 Å². The van der Waals surface area contributed by atoms with Crippen molar-refractivity contribution < 1.29 is 24.2 Å². The van der Waals surface area contributed by atoms with E-state index in [1.165, 1.54) is 12.7 Å². The van der Waals surface area contributed by atoms with Crippen molar-refractivity contribution in [2.75, 3.05) is 18.5 Å². The number of fused-ring (bicyclic) bond motifs is 1. The number of imidazole rings is 1. The Bertz CT molecular complexity index is 1280. The molecule has 10 nitrogen and oxygen atoms in total. The fourth-order valence-corrected chi connectivity index (χ4v) is 3.40. The molecule has 0 fully saturated rings. The Hall–Kier alpha value is -4.15. The Morgan fingerprint density at radius 2 is 1.69 bits per heavy atom. The summed E-state index contributed by atoms with van der Waals surface area (Å²) in [4.78, 5) is 37.9. The number of esters is 1. The number of anilines is 1. The number of carbonyl (C=O) groups is 2. The number of hydrogen-bond donors (Lipinski definition) is 2. The standard InChI is InChI=1S/C25H25N5O5/c1-2-19(13-31)35-20(14-34-25(33)18-11-7-4-8-12-18)30-16-28-21-22(26-15-27-23(21)30)29-24(32)17-9-5-3-6-10-17/h3-12,15-16,19-20,31H,2,13-14H2,1H3,(H,26,27,29,32)/t19-,20-/m1/s1. The first-order valence-corrected chi connectivity index (χ1v) is 11.1. The van der Waals surface area contributed by atoms with Gasteiger partial charge >= 0.3 is 5.97 Å². The number of carbonyl (C=O) groups excluding carboxylic acids is 2. The average molecular weight is 476 g/mol. The highest BCUT2D eigenvalue weighted by atomic mass is 16.6. The monoisotopic (exact) mass is 475 g/mol. The van der Waals surface area contributed by atoms with Crippen molar-refractivity contribution in [2.45, 2.75) is 25.7 Å². The Kier molecular flexibility index (Phi) is 7.76. The molecule has 0 radical (unpaired) electrons. The van der Waals surface area contributed by atoms with E-state index >= 15 is 0 Å². The van der Waals surface area contributed by atoms with Crippen molar-refractivity contribution >= 4 is 28.9 Å². The van der Waals surface area contributed by atoms with E-state index < -0.39 is 18.3 Å². The van der Waals surface area contributed by atoms with E-state index in [2.05, 4.69) is 20.3 Å². The molecule has 0 unspecified atom stereocenters. The zero-order valence-electron chi connectivity index (χ0n) is 19.1. The number of nitrogens with zero attached hydrogens (tertiary/aromatic N) is 4. The van der Waals surface area contributed by atoms with E-state index in [4.69, 9.17) is 9.47 Å². The van der Waals surface area contributed by atoms with E-state index in [-0.39, 0.29) is 24.9 Å². The van der Waals surface area contributed by atoms with Crippen molar-refractivity contribution in [1.29, 1.82) is 0 Å². The molecule has 1 amide bonds. The van der Waals surface area contributed by atoms with Gasteiger partial charge in [0, 0.05) is 5.56 Å². The predicted molar refractivity (Wildman–Crippen MR) is 128 cm³/mol. The lowest BCUT2D eigenvalue weighted by Gasteiger charge is -2.24. The van der Waals surface area contributed by atoms with E-state index in [1.807, 2.05) is 13.0 Å². The number of aromatic nitrogens is 4. The molecule has 2 aromatic heterocycles. The number of benzene rings is 2. The highest BCUT2D eigenvalue weighted by molar-refractivity contribution is 6.06. The molecule has 2 N–H and O–H groups in total. The molecule has 0 saturated heterocycles. The van der Waals surface area contributed by atoms with Gasteiger partial charge in [0.15, 0.2) is 23.2 Å². The van der Waals surface area contributed by atoms with Crippen LogP contribution in [0.25, 0.3) is 11.2 Å². The Balaban J connectivity index is 1.60. The summed E-state index contributed by atoms with van der Waals surface area (Å²) in [6.45, 7) is 1.52. The van der Waals surface area contributed by atoms with Crippen LogP contribution in [0.2, 0.25) is 0 Å². The third-order valence-corrected chi connectivity index (χ3v) is 5.31. The second-order valence-corrected chi connectivity index (χ2v) is 7.63. The molecular weight excluding hydrogens is 450 g/mol. The van der Waals surface area contributed by atoms with Crippen LogP contribution in [0.1, 0.15) is 40.3 Å². The van der Waals surface area contributed by atoms with Gasteiger partial charge < -0.3 is 19.9 Å². The van der Waals surface area contributed by atoms with Gasteiger partial charge in [0.05, 0.1) is 24.6 Å². The maximum Gasteiger partial charge on any atom is 0.338 e. The summed E-state index contributed by atoms with van der Waals surface area (Å²) in [6, 6.07) is 17.3. The highest BCUT2D eigenvalue weighted by Gasteiger charge is 2.23. The van der Waals surface area contributed by atoms with Gasteiger partial charge in [-0.3, -0.25) is 9.36 Å². The molecular formula is C25H25N5O5. The van der Waals surface area contributed by atoms with Crippen LogP contribution in [0.4, 0.5) is 5.82 Å². The lowest BCUT2D eigenvalue weighted by atomic mass is 10.2. The average Bonchev–Trinajstić information content (AvgIpc) is 3.35. The van der Waals surface area contributed by atoms with E-state index in [1.54, 1.807) is 59.2 Å². The van der Waals surface area contributed by atoms with Gasteiger partial charge in [0.1, 0.15) is 12.9 Å². The molecule has 4 aromatic rings. The first-order chi connectivity index (χ1) is 17.1. The number of amides is 1. The van der Waals surface area contributed by atoms with Crippen LogP contribution in [-0.4, -0.2) is 55.8 Å². The van der Waals surface area contributed by atoms with Gasteiger partial charge in [-0.2, -0.15) is 0 Å². The second-order valence-electron chi connectivity index (χ2n) is 7.63. The van der Waals surface area contributed by atoms with Crippen molar-refractivity contribution in [3.63, 3.8) is 0 Å². The van der Waals surface area contributed by atoms with Crippen molar-refractivity contribution in [3.05, 3.63) is 84.4 Å². The summed E-state index contributed by atoms with van der Waals surface area (Å²) in [5.74, 6) is -0.612. The molecule has 2 atom stereocenters. The number of rotatable bonds is 10. The molecule has 0 aliphatic rings. The second kappa shape index (κ2) is 11.3. The van der Waals surface area contributed by atoms with Crippen LogP contribution in [0.5, 0.6) is 0 Å². The lowest BCUT2D eigenvalue weighted by Crippen LogP contribution is -2.27. The van der Waals surface area contributed by atoms with Gasteiger partial charge in [-0.15, -0.1) is 0 Å². The molecule has 0 bridgehead atoms. The Labute approximate surface area is 201 Å². The number of hydrogen-bond acceptors (Lipinski definition) is 8. The van der Waals surface area contributed by atoms with Gasteiger partial charge in [-0.05, 0) is 30.7 Å². The normalized spacial score (nSPS) is 12.7. The largest absolute Gasteiger partial charge is 0.457 e. The van der Waals surface area contributed by atoms with Crippen LogP contribution >= 0.6 is 0 Å². The summed E-state index contributed by atoms with van der Waals surface area (Å²) in [7, 11) is 0. The summed E-state index contributed by atoms with van der Waals surface area (Å²) in [5, 5.41) is 12.4. The minimum absolute atomic E-state index is 0.147. The fourth-order valence-electron chi connectivity index (χ4n) is 3.40. The van der Waals surface area contributed by atoms with Crippen LogP contribution in [0, 0.1) is 0 Å². The molecule has 4 rings (SSSR count). The molecule has 180 valence electrons. The lowest BCUT2D eigenvalue weighted by molar-refractivity contribution is -0.0988. The van der Waals surface area contributed by atoms with Crippen molar-refractivity contribution in [1.82, 2.24) is 19.5 Å². The van der Waals surface area contributed by atoms with Gasteiger partial charge in [0.2, 0.25) is 0 Å². The third kappa shape index (κ3) is 5.68. The fraction of sp³-hybridized carbons (Fsp3) is 0.240. The SMILES string of the molecule is CC[C@H](CO)O[C@H](COC(=O)c1ccccc1)n1cnc2c(NC(=O)c3ccccc3)ncnc21. The minimum atomic E-state index is -0.822. The zero-order valence-corrected chi connectivity index (χ0v) is 19.1. The first kappa shape index (κ1) is 24.0. The van der Waals surface area contributed by atoms with E-state index in [0.29, 0.717) is 28.7 Å². The summed E-state index contributed by atoms with van der Waals surface area (Å²) < 4.78 is 13.1. The molecule has 0 spiro atoms. The summed E-state index contributed by atoms with van der Waals surface area (Å²) in [5.41, 5.74) is 1.60. The van der Waals surface area contributed by atoms with Crippen LogP contribution in [0.15, 0.2) is 73.3 Å². The van der Waals surface area contributed by atoms with Gasteiger partial charge in [-0.25, -0.2) is 19.7 Å². The van der Waals surface area contributed by atoms with E-state index in [9.17, 15) is 14.7 Å². The topological polar surface area (TPSA) is 128 Å². The molecule has 0 aliphatic heterocycles. The number of nitrogens with one attached hydrogen (secondary N) is 1. The van der Waals surface area contributed by atoms with Crippen LogP contribution < -0.4 is 5.32 Å². The maximum atomic E-state index is 12.6. The Morgan fingerprint density at radius 1 is 1.00 bits per heavy atom.